The van der Waals surface area contributed by atoms with E-state index in [-0.39, 0.29) is 11.4 Å². The summed E-state index contributed by atoms with van der Waals surface area (Å²) < 4.78 is 39.4. The van der Waals surface area contributed by atoms with Crippen LogP contribution in [-0.2, 0) is 16.6 Å². The highest BCUT2D eigenvalue weighted by molar-refractivity contribution is 7.89. The Balaban J connectivity index is 2.25. The van der Waals surface area contributed by atoms with E-state index in [0.717, 1.165) is 18.2 Å². The minimum atomic E-state index is -3.94. The van der Waals surface area contributed by atoms with Crippen molar-refractivity contribution >= 4 is 16.0 Å². The maximum atomic E-state index is 13.2. The van der Waals surface area contributed by atoms with Gasteiger partial charge >= 0.3 is 5.97 Å². The second-order valence-electron chi connectivity index (χ2n) is 3.85. The molecule has 0 bridgehead atoms. The Morgan fingerprint density at radius 3 is 2.75 bits per heavy atom. The molecule has 106 valence electrons. The molecule has 0 aliphatic rings. The van der Waals surface area contributed by atoms with Crippen molar-refractivity contribution in [1.29, 1.82) is 0 Å². The van der Waals surface area contributed by atoms with Crippen molar-refractivity contribution in [3.05, 3.63) is 47.5 Å². The van der Waals surface area contributed by atoms with Gasteiger partial charge < -0.3 is 5.11 Å². The van der Waals surface area contributed by atoms with Gasteiger partial charge in [0.2, 0.25) is 10.0 Å². The molecule has 20 heavy (non-hydrogen) atoms. The van der Waals surface area contributed by atoms with Crippen molar-refractivity contribution in [3.8, 4) is 0 Å². The van der Waals surface area contributed by atoms with Crippen LogP contribution in [0.15, 0.2) is 35.4 Å². The predicted molar refractivity (Wildman–Crippen MR) is 66.0 cm³/mol. The Bertz CT molecular complexity index is 728. The molecule has 0 saturated heterocycles. The summed E-state index contributed by atoms with van der Waals surface area (Å²) in [7, 11) is -3.94. The summed E-state index contributed by atoms with van der Waals surface area (Å²) in [6, 6.07) is 4.15. The molecule has 0 aliphatic heterocycles. The number of H-pyrrole nitrogens is 1. The normalized spacial score (nSPS) is 11.4. The van der Waals surface area contributed by atoms with Crippen LogP contribution in [0.5, 0.6) is 0 Å². The number of aromatic carboxylic acids is 1. The van der Waals surface area contributed by atoms with Crippen molar-refractivity contribution in [2.75, 3.05) is 0 Å². The molecule has 1 heterocycles. The van der Waals surface area contributed by atoms with E-state index in [1.807, 2.05) is 0 Å². The summed E-state index contributed by atoms with van der Waals surface area (Å²) in [5.74, 6) is -2.53. The lowest BCUT2D eigenvalue weighted by molar-refractivity contribution is 0.0691. The van der Waals surface area contributed by atoms with Crippen LogP contribution in [0.4, 0.5) is 4.39 Å². The monoisotopic (exact) mass is 299 g/mol. The number of hydrogen-bond donors (Lipinski definition) is 3. The molecule has 0 amide bonds. The third kappa shape index (κ3) is 3.00. The van der Waals surface area contributed by atoms with Gasteiger partial charge in [0.1, 0.15) is 5.82 Å². The first-order valence-corrected chi connectivity index (χ1v) is 6.89. The molecule has 0 radical (unpaired) electrons. The van der Waals surface area contributed by atoms with Gasteiger partial charge in [0.15, 0.2) is 0 Å². The standard InChI is InChI=1S/C11H10FN3O4S/c12-10-2-1-8(5-9(10)11(16)17)20(18,19)14-6-7-3-4-13-15-7/h1-5,14H,6H2,(H,13,15)(H,16,17). The summed E-state index contributed by atoms with van der Waals surface area (Å²) in [4.78, 5) is 10.5. The highest BCUT2D eigenvalue weighted by atomic mass is 32.2. The zero-order chi connectivity index (χ0) is 14.8. The van der Waals surface area contributed by atoms with Gasteiger partial charge in [0.25, 0.3) is 0 Å². The number of aromatic amines is 1. The predicted octanol–water partition coefficient (Wildman–Crippen LogP) is 0.725. The van der Waals surface area contributed by atoms with Gasteiger partial charge in [-0.1, -0.05) is 0 Å². The highest BCUT2D eigenvalue weighted by Crippen LogP contribution is 2.15. The van der Waals surface area contributed by atoms with Crippen molar-refractivity contribution in [3.63, 3.8) is 0 Å². The van der Waals surface area contributed by atoms with Crippen LogP contribution in [0.1, 0.15) is 16.1 Å². The number of nitrogens with zero attached hydrogens (tertiary/aromatic N) is 1. The van der Waals surface area contributed by atoms with Gasteiger partial charge in [0.05, 0.1) is 22.7 Å². The number of carboxylic acid groups (broad SMARTS) is 1. The number of benzene rings is 1. The number of rotatable bonds is 5. The SMILES string of the molecule is O=C(O)c1cc(S(=O)(=O)NCc2ccn[nH]2)ccc1F. The summed E-state index contributed by atoms with van der Waals surface area (Å²) in [6.07, 6.45) is 1.46. The molecule has 1 aromatic carbocycles. The maximum Gasteiger partial charge on any atom is 0.338 e. The van der Waals surface area contributed by atoms with E-state index in [4.69, 9.17) is 5.11 Å². The molecule has 2 rings (SSSR count). The van der Waals surface area contributed by atoms with Gasteiger partial charge in [-0.05, 0) is 24.3 Å². The quantitative estimate of drug-likeness (QED) is 0.753. The average molecular weight is 299 g/mol. The van der Waals surface area contributed by atoms with E-state index in [1.165, 1.54) is 6.20 Å². The van der Waals surface area contributed by atoms with Crippen LogP contribution in [-0.4, -0.2) is 29.7 Å². The molecule has 0 fully saturated rings. The fraction of sp³-hybridized carbons (Fsp3) is 0.0909. The number of nitrogens with one attached hydrogen (secondary N) is 2. The van der Waals surface area contributed by atoms with Crippen LogP contribution in [0, 0.1) is 5.82 Å². The summed E-state index contributed by atoms with van der Waals surface area (Å²) in [6.45, 7) is -0.0396. The van der Waals surface area contributed by atoms with E-state index in [9.17, 15) is 17.6 Å². The van der Waals surface area contributed by atoms with Crippen LogP contribution in [0.25, 0.3) is 0 Å². The molecular formula is C11H10FN3O4S. The van der Waals surface area contributed by atoms with Crippen LogP contribution >= 0.6 is 0 Å². The molecule has 0 saturated carbocycles. The van der Waals surface area contributed by atoms with E-state index >= 15 is 0 Å². The highest BCUT2D eigenvalue weighted by Gasteiger charge is 2.19. The molecule has 3 N–H and O–H groups in total. The molecule has 0 spiro atoms. The minimum Gasteiger partial charge on any atom is -0.478 e. The Hall–Kier alpha value is -2.26. The number of carboxylic acids is 1. The molecule has 9 heteroatoms. The smallest absolute Gasteiger partial charge is 0.338 e. The second-order valence-corrected chi connectivity index (χ2v) is 5.62. The van der Waals surface area contributed by atoms with Crippen molar-refractivity contribution in [2.45, 2.75) is 11.4 Å². The van der Waals surface area contributed by atoms with Gasteiger partial charge in [-0.2, -0.15) is 5.10 Å². The maximum absolute atomic E-state index is 13.2. The third-order valence-electron chi connectivity index (χ3n) is 2.49. The third-order valence-corrected chi connectivity index (χ3v) is 3.89. The van der Waals surface area contributed by atoms with Gasteiger partial charge in [0, 0.05) is 6.20 Å². The van der Waals surface area contributed by atoms with E-state index in [2.05, 4.69) is 14.9 Å². The molecule has 1 aromatic heterocycles. The van der Waals surface area contributed by atoms with Gasteiger partial charge in [-0.25, -0.2) is 22.3 Å². The van der Waals surface area contributed by atoms with E-state index in [0.29, 0.717) is 5.69 Å². The number of aromatic nitrogens is 2. The van der Waals surface area contributed by atoms with E-state index < -0.39 is 27.4 Å². The summed E-state index contributed by atoms with van der Waals surface area (Å²) in [5, 5.41) is 15.0. The fourth-order valence-electron chi connectivity index (χ4n) is 1.47. The topological polar surface area (TPSA) is 112 Å². The van der Waals surface area contributed by atoms with Crippen molar-refractivity contribution in [2.24, 2.45) is 0 Å². The average Bonchev–Trinajstić information content (AvgIpc) is 2.89. The number of carbonyl (C=O) groups is 1. The van der Waals surface area contributed by atoms with Crippen LogP contribution in [0.2, 0.25) is 0 Å². The number of halogens is 1. The lowest BCUT2D eigenvalue weighted by atomic mass is 10.2. The molecule has 0 unspecified atom stereocenters. The first kappa shape index (κ1) is 14.2. The van der Waals surface area contributed by atoms with Gasteiger partial charge in [-0.3, -0.25) is 5.10 Å². The molecule has 2 aromatic rings. The van der Waals surface area contributed by atoms with Crippen molar-refractivity contribution in [1.82, 2.24) is 14.9 Å². The largest absolute Gasteiger partial charge is 0.478 e. The Kier molecular flexibility index (Phi) is 3.81. The first-order chi connectivity index (χ1) is 9.40. The minimum absolute atomic E-state index is 0.0396. The fourth-order valence-corrected chi connectivity index (χ4v) is 2.51. The number of hydrogen-bond acceptors (Lipinski definition) is 4. The molecule has 7 nitrogen and oxygen atoms in total. The van der Waals surface area contributed by atoms with Gasteiger partial charge in [-0.15, -0.1) is 0 Å². The Morgan fingerprint density at radius 1 is 1.40 bits per heavy atom. The summed E-state index contributed by atoms with van der Waals surface area (Å²) >= 11 is 0. The molecule has 0 atom stereocenters. The Labute approximate surface area is 113 Å². The van der Waals surface area contributed by atoms with E-state index in [1.54, 1.807) is 6.07 Å². The molecular weight excluding hydrogens is 289 g/mol. The molecule has 0 aliphatic carbocycles. The number of sulfonamides is 1. The Morgan fingerprint density at radius 2 is 2.15 bits per heavy atom. The van der Waals surface area contributed by atoms with Crippen LogP contribution < -0.4 is 4.72 Å². The summed E-state index contributed by atoms with van der Waals surface area (Å²) in [5.41, 5.74) is -0.163. The first-order valence-electron chi connectivity index (χ1n) is 5.41. The lowest BCUT2D eigenvalue weighted by Gasteiger charge is -2.07. The second kappa shape index (κ2) is 5.39. The zero-order valence-corrected chi connectivity index (χ0v) is 10.8. The lowest BCUT2D eigenvalue weighted by Crippen LogP contribution is -2.24. The zero-order valence-electron chi connectivity index (χ0n) is 10.00. The van der Waals surface area contributed by atoms with Crippen molar-refractivity contribution < 1.29 is 22.7 Å². The van der Waals surface area contributed by atoms with Crippen LogP contribution in [0.3, 0.4) is 0 Å².